The molecule has 0 atom stereocenters. The van der Waals surface area contributed by atoms with Crippen molar-refractivity contribution in [3.05, 3.63) is 29.8 Å². The molecule has 7 nitrogen and oxygen atoms in total. The van der Waals surface area contributed by atoms with Crippen molar-refractivity contribution in [3.8, 4) is 6.07 Å². The minimum Gasteiger partial charge on any atom is -0.212 e. The van der Waals surface area contributed by atoms with Gasteiger partial charge >= 0.3 is 0 Å². The maximum Gasteiger partial charge on any atom is 0.244 e. The van der Waals surface area contributed by atoms with Crippen LogP contribution in [0.4, 0.5) is 0 Å². The summed E-state index contributed by atoms with van der Waals surface area (Å²) in [7, 11) is -7.16. The third-order valence-corrected chi connectivity index (χ3v) is 7.93. The highest BCUT2D eigenvalue weighted by atomic mass is 32.2. The van der Waals surface area contributed by atoms with E-state index in [1.54, 1.807) is 19.1 Å². The summed E-state index contributed by atoms with van der Waals surface area (Å²) in [5.41, 5.74) is 0.0946. The van der Waals surface area contributed by atoms with Crippen LogP contribution in [0, 0.1) is 11.3 Å². The first-order chi connectivity index (χ1) is 11.3. The Labute approximate surface area is 143 Å². The summed E-state index contributed by atoms with van der Waals surface area (Å²) in [5, 5.41) is 9.12. The number of hydrogen-bond acceptors (Lipinski definition) is 5. The average molecular weight is 371 g/mol. The summed E-state index contributed by atoms with van der Waals surface area (Å²) in [4.78, 5) is -0.0302. The lowest BCUT2D eigenvalue weighted by Gasteiger charge is -2.22. The van der Waals surface area contributed by atoms with Gasteiger partial charge in [0.05, 0.1) is 16.2 Å². The van der Waals surface area contributed by atoms with Gasteiger partial charge in [-0.3, -0.25) is 0 Å². The van der Waals surface area contributed by atoms with Crippen molar-refractivity contribution in [3.63, 3.8) is 0 Å². The fourth-order valence-corrected chi connectivity index (χ4v) is 5.85. The van der Waals surface area contributed by atoms with Crippen LogP contribution in [0.25, 0.3) is 0 Å². The lowest BCUT2D eigenvalue weighted by molar-refractivity contribution is 0.404. The molecule has 24 heavy (non-hydrogen) atoms. The van der Waals surface area contributed by atoms with Gasteiger partial charge in [-0.15, -0.1) is 0 Å². The minimum absolute atomic E-state index is 0.0302. The Hall–Kier alpha value is -1.47. The van der Waals surface area contributed by atoms with Gasteiger partial charge in [0.2, 0.25) is 20.0 Å². The molecule has 0 bridgehead atoms. The summed E-state index contributed by atoms with van der Waals surface area (Å²) in [5.74, 6) is 0.0665. The molecule has 0 radical (unpaired) electrons. The van der Waals surface area contributed by atoms with E-state index in [9.17, 15) is 16.8 Å². The molecule has 2 rings (SSSR count). The number of nitriles is 1. The van der Waals surface area contributed by atoms with Gasteiger partial charge < -0.3 is 0 Å². The Morgan fingerprint density at radius 3 is 2.33 bits per heavy atom. The zero-order valence-electron chi connectivity index (χ0n) is 13.6. The number of sulfonamides is 2. The molecule has 1 aliphatic heterocycles. The normalized spacial score (nSPS) is 18.0. The lowest BCUT2D eigenvalue weighted by atomic mass is 10.2. The minimum atomic E-state index is -3.82. The van der Waals surface area contributed by atoms with E-state index in [0.717, 1.165) is 0 Å². The van der Waals surface area contributed by atoms with E-state index < -0.39 is 20.0 Å². The first-order valence-electron chi connectivity index (χ1n) is 7.80. The van der Waals surface area contributed by atoms with Crippen LogP contribution in [-0.2, 0) is 20.0 Å². The zero-order chi connectivity index (χ0) is 17.8. The Balaban J connectivity index is 2.24. The van der Waals surface area contributed by atoms with Gasteiger partial charge in [-0.05, 0) is 25.0 Å². The van der Waals surface area contributed by atoms with Crippen LogP contribution in [0.1, 0.15) is 25.3 Å². The lowest BCUT2D eigenvalue weighted by Crippen LogP contribution is -2.38. The second-order valence-electron chi connectivity index (χ2n) is 5.58. The summed E-state index contributed by atoms with van der Waals surface area (Å²) in [6.07, 6.45) is 0.952. The predicted octanol–water partition coefficient (Wildman–Crippen LogP) is 0.994. The highest BCUT2D eigenvalue weighted by Gasteiger charge is 2.31. The molecular formula is C15H21N3O4S2. The van der Waals surface area contributed by atoms with E-state index in [1.165, 1.54) is 20.7 Å². The Morgan fingerprint density at radius 2 is 1.67 bits per heavy atom. The maximum atomic E-state index is 12.8. The molecule has 1 aromatic carbocycles. The maximum absolute atomic E-state index is 12.8. The molecule has 1 aliphatic rings. The standard InChI is InChI=1S/C15H21N3O4S2/c1-2-12-23(19,20)17-8-5-9-18(11-10-17)24(21,22)15-7-4-3-6-14(15)13-16/h3-4,6-7H,2,5,8-12H2,1H3. The van der Waals surface area contributed by atoms with Gasteiger partial charge in [0.15, 0.2) is 0 Å². The number of nitrogens with zero attached hydrogens (tertiary/aromatic N) is 3. The SMILES string of the molecule is CCCS(=O)(=O)N1CCCN(S(=O)(=O)c2ccccc2C#N)CC1. The zero-order valence-corrected chi connectivity index (χ0v) is 15.2. The second kappa shape index (κ2) is 7.61. The monoisotopic (exact) mass is 371 g/mol. The number of rotatable bonds is 5. The smallest absolute Gasteiger partial charge is 0.212 e. The van der Waals surface area contributed by atoms with Crippen LogP contribution in [0.5, 0.6) is 0 Å². The van der Waals surface area contributed by atoms with E-state index in [4.69, 9.17) is 5.26 Å². The third-order valence-electron chi connectivity index (χ3n) is 3.89. The molecular weight excluding hydrogens is 350 g/mol. The fraction of sp³-hybridized carbons (Fsp3) is 0.533. The van der Waals surface area contributed by atoms with Gasteiger partial charge in [0.25, 0.3) is 0 Å². The Kier molecular flexibility index (Phi) is 5.98. The van der Waals surface area contributed by atoms with Crippen molar-refractivity contribution in [1.82, 2.24) is 8.61 Å². The molecule has 0 aliphatic carbocycles. The van der Waals surface area contributed by atoms with Crippen LogP contribution in [0.3, 0.4) is 0 Å². The topological polar surface area (TPSA) is 98.6 Å². The summed E-state index contributed by atoms with van der Waals surface area (Å²) in [6.45, 7) is 2.57. The largest absolute Gasteiger partial charge is 0.244 e. The molecule has 0 spiro atoms. The summed E-state index contributed by atoms with van der Waals surface area (Å²) >= 11 is 0. The van der Waals surface area contributed by atoms with E-state index >= 15 is 0 Å². The van der Waals surface area contributed by atoms with Gasteiger partial charge in [-0.2, -0.15) is 9.57 Å². The predicted molar refractivity (Wildman–Crippen MR) is 90.2 cm³/mol. The first-order valence-corrected chi connectivity index (χ1v) is 10.8. The van der Waals surface area contributed by atoms with Crippen LogP contribution in [0.15, 0.2) is 29.2 Å². The van der Waals surface area contributed by atoms with Gasteiger partial charge in [-0.1, -0.05) is 19.1 Å². The van der Waals surface area contributed by atoms with Crippen molar-refractivity contribution >= 4 is 20.0 Å². The average Bonchev–Trinajstić information content (AvgIpc) is 2.82. The molecule has 0 aromatic heterocycles. The van der Waals surface area contributed by atoms with Crippen molar-refractivity contribution in [2.45, 2.75) is 24.7 Å². The van der Waals surface area contributed by atoms with Gasteiger partial charge in [-0.25, -0.2) is 21.1 Å². The quantitative estimate of drug-likeness (QED) is 0.769. The molecule has 0 amide bonds. The van der Waals surface area contributed by atoms with Gasteiger partial charge in [0, 0.05) is 26.2 Å². The Morgan fingerprint density at radius 1 is 1.04 bits per heavy atom. The first kappa shape index (κ1) is 18.9. The molecule has 0 unspecified atom stereocenters. The molecule has 9 heteroatoms. The van der Waals surface area contributed by atoms with E-state index in [2.05, 4.69) is 0 Å². The number of benzene rings is 1. The summed E-state index contributed by atoms with van der Waals surface area (Å²) in [6, 6.07) is 7.95. The van der Waals surface area contributed by atoms with Gasteiger partial charge in [0.1, 0.15) is 6.07 Å². The van der Waals surface area contributed by atoms with Crippen LogP contribution in [-0.4, -0.2) is 57.4 Å². The van der Waals surface area contributed by atoms with Crippen LogP contribution in [0.2, 0.25) is 0 Å². The highest BCUT2D eigenvalue weighted by molar-refractivity contribution is 7.89. The molecule has 132 valence electrons. The van der Waals surface area contributed by atoms with E-state index in [-0.39, 0.29) is 35.8 Å². The van der Waals surface area contributed by atoms with Crippen LogP contribution < -0.4 is 0 Å². The fourth-order valence-electron chi connectivity index (χ4n) is 2.70. The molecule has 1 fully saturated rings. The van der Waals surface area contributed by atoms with Crippen molar-refractivity contribution in [2.75, 3.05) is 31.9 Å². The molecule has 0 N–H and O–H groups in total. The molecule has 1 heterocycles. The van der Waals surface area contributed by atoms with E-state index in [1.807, 2.05) is 6.07 Å². The molecule has 1 aromatic rings. The van der Waals surface area contributed by atoms with Crippen molar-refractivity contribution in [1.29, 1.82) is 5.26 Å². The summed E-state index contributed by atoms with van der Waals surface area (Å²) < 4.78 is 52.6. The van der Waals surface area contributed by atoms with E-state index in [0.29, 0.717) is 19.4 Å². The highest BCUT2D eigenvalue weighted by Crippen LogP contribution is 2.21. The second-order valence-corrected chi connectivity index (χ2v) is 9.58. The molecule has 1 saturated heterocycles. The molecule has 0 saturated carbocycles. The number of hydrogen-bond donors (Lipinski definition) is 0. The van der Waals surface area contributed by atoms with Crippen molar-refractivity contribution < 1.29 is 16.8 Å². The van der Waals surface area contributed by atoms with Crippen LogP contribution >= 0.6 is 0 Å². The third kappa shape index (κ3) is 3.95. The van der Waals surface area contributed by atoms with Crippen molar-refractivity contribution in [2.24, 2.45) is 0 Å². The Bertz CT molecular complexity index is 829.